The van der Waals surface area contributed by atoms with E-state index in [1.807, 2.05) is 0 Å². The van der Waals surface area contributed by atoms with Gasteiger partial charge in [-0.15, -0.1) is 0 Å². The van der Waals surface area contributed by atoms with E-state index in [4.69, 9.17) is 14.4 Å². The van der Waals surface area contributed by atoms with Gasteiger partial charge in [-0.05, 0) is 98.2 Å². The Morgan fingerprint density at radius 2 is 1.01 bits per heavy atom. The summed E-state index contributed by atoms with van der Waals surface area (Å²) < 4.78 is 9.41. The van der Waals surface area contributed by atoms with E-state index in [-0.39, 0.29) is 5.92 Å². The minimum absolute atomic E-state index is 0.00680. The van der Waals surface area contributed by atoms with Gasteiger partial charge in [-0.3, -0.25) is 0 Å². The Hall–Kier alpha value is -8.60. The normalized spacial score (nSPS) is 16.7. The minimum Gasteiger partial charge on any atom is -0.456 e. The van der Waals surface area contributed by atoms with Gasteiger partial charge in [0, 0.05) is 44.7 Å². The van der Waals surface area contributed by atoms with Crippen molar-refractivity contribution in [1.29, 1.82) is 0 Å². The molecule has 2 aromatic heterocycles. The van der Waals surface area contributed by atoms with Gasteiger partial charge in [0.2, 0.25) is 0 Å². The second kappa shape index (κ2) is 15.8. The molecule has 1 aliphatic heterocycles. The van der Waals surface area contributed by atoms with Crippen molar-refractivity contribution in [1.82, 2.24) is 4.57 Å². The lowest BCUT2D eigenvalue weighted by atomic mass is 9.90. The Balaban J connectivity index is 1.07. The molecule has 0 spiro atoms. The second-order valence-corrected chi connectivity index (χ2v) is 17.8. The van der Waals surface area contributed by atoms with Crippen molar-refractivity contribution in [3.8, 4) is 27.9 Å². The van der Waals surface area contributed by atoms with Gasteiger partial charge in [0.15, 0.2) is 5.84 Å². The van der Waals surface area contributed by atoms with Gasteiger partial charge in [-0.25, -0.2) is 9.98 Å². The molecule has 4 nitrogen and oxygen atoms in total. The van der Waals surface area contributed by atoms with Gasteiger partial charge in [-0.2, -0.15) is 0 Å². The molecule has 0 amide bonds. The van der Waals surface area contributed by atoms with Crippen LogP contribution in [0.1, 0.15) is 30.0 Å². The van der Waals surface area contributed by atoms with Crippen molar-refractivity contribution in [2.45, 2.75) is 13.3 Å². The Labute approximate surface area is 388 Å². The molecule has 10 aromatic carbocycles. The highest BCUT2D eigenvalue weighted by atomic mass is 16.3. The maximum atomic E-state index is 7.00. The summed E-state index contributed by atoms with van der Waals surface area (Å²) in [6.45, 7) is 2.30. The molecule has 0 N–H and O–H groups in total. The van der Waals surface area contributed by atoms with Crippen LogP contribution in [0.25, 0.3) is 98.9 Å². The molecule has 1 aliphatic rings. The van der Waals surface area contributed by atoms with E-state index < -0.39 is 0 Å². The van der Waals surface area contributed by atoms with Crippen molar-refractivity contribution < 1.29 is 4.42 Å². The number of rotatable bonds is 6. The van der Waals surface area contributed by atoms with Crippen LogP contribution in [-0.2, 0) is 0 Å². The number of fused-ring (bicyclic) bond motifs is 8. The van der Waals surface area contributed by atoms with Crippen LogP contribution in [0.15, 0.2) is 239 Å². The van der Waals surface area contributed by atoms with Gasteiger partial charge >= 0.3 is 0 Å². The average molecular weight is 858 g/mol. The molecule has 67 heavy (non-hydrogen) atoms. The number of hydrogen-bond acceptors (Lipinski definition) is 3. The molecule has 1 atom stereocenters. The zero-order valence-electron chi connectivity index (χ0n) is 36.9. The van der Waals surface area contributed by atoms with Crippen molar-refractivity contribution in [2.75, 3.05) is 0 Å². The van der Waals surface area contributed by atoms with Gasteiger partial charge in [0.05, 0.1) is 28.1 Å². The smallest absolute Gasteiger partial charge is 0.160 e. The van der Waals surface area contributed by atoms with Crippen molar-refractivity contribution in [2.24, 2.45) is 15.9 Å². The fraction of sp³-hybridized carbons (Fsp3) is 0.0476. The number of hydrogen-bond donors (Lipinski definition) is 0. The van der Waals surface area contributed by atoms with E-state index in [0.717, 1.165) is 89.7 Å². The van der Waals surface area contributed by atoms with Crippen LogP contribution in [0.5, 0.6) is 0 Å². The minimum atomic E-state index is 0.00680. The lowest BCUT2D eigenvalue weighted by molar-refractivity contribution is 0.669. The molecule has 12 aromatic rings. The predicted octanol–water partition coefficient (Wildman–Crippen LogP) is 16.6. The highest BCUT2D eigenvalue weighted by Crippen LogP contribution is 2.41. The molecule has 4 heteroatoms. The number of allylic oxidation sites excluding steroid dienone is 1. The van der Waals surface area contributed by atoms with Gasteiger partial charge in [-0.1, -0.05) is 183 Å². The third-order valence-electron chi connectivity index (χ3n) is 13.6. The number of para-hydroxylation sites is 1. The molecule has 13 rings (SSSR count). The molecule has 0 saturated heterocycles. The molecule has 0 fully saturated rings. The van der Waals surface area contributed by atoms with E-state index in [0.29, 0.717) is 5.84 Å². The van der Waals surface area contributed by atoms with Crippen LogP contribution in [0.4, 0.5) is 0 Å². The van der Waals surface area contributed by atoms with Crippen LogP contribution in [-0.4, -0.2) is 16.1 Å². The lowest BCUT2D eigenvalue weighted by Gasteiger charge is -2.20. The summed E-state index contributed by atoms with van der Waals surface area (Å²) in [5.41, 5.74) is 14.5. The summed E-state index contributed by atoms with van der Waals surface area (Å²) in [5, 5.41) is 9.28. The fourth-order valence-electron chi connectivity index (χ4n) is 10.2. The molecule has 3 heterocycles. The van der Waals surface area contributed by atoms with E-state index in [1.165, 1.54) is 38.1 Å². The Bertz CT molecular complexity index is 4000. The monoisotopic (exact) mass is 857 g/mol. The van der Waals surface area contributed by atoms with Crippen LogP contribution in [0, 0.1) is 5.92 Å². The zero-order chi connectivity index (χ0) is 44.4. The second-order valence-electron chi connectivity index (χ2n) is 17.8. The van der Waals surface area contributed by atoms with Gasteiger partial charge < -0.3 is 8.98 Å². The summed E-state index contributed by atoms with van der Waals surface area (Å²) in [7, 11) is 0. The first-order chi connectivity index (χ1) is 33.1. The zero-order valence-corrected chi connectivity index (χ0v) is 36.9. The summed E-state index contributed by atoms with van der Waals surface area (Å²) in [4.78, 5) is 11.3. The standard InChI is InChI=1S/C63H43N3O/c1-40-27-32-56(44-30-28-43(29-31-44)41-15-4-2-5-16-41)64-63(50-24-14-23-45(33-50)42-17-6-3-7-18-42)65-62(40)55-38-51(39-60-61(55)54-35-47-20-9-11-22-49(47)37-59(54)67-60)66-57-26-13-12-25-52(57)53-34-46-19-8-10-21-48(46)36-58(53)66/h2-26,28-40H,27H2,1H3/b56-32+,64-63-,65-62+/t40-/m1/s1. The molecule has 316 valence electrons. The summed E-state index contributed by atoms with van der Waals surface area (Å²) in [6, 6.07) is 78.1. The SMILES string of the molecule is C[C@@H]1C/C=C(c2ccc(-c3ccccc3)cc2)/N=C(c2cccc(-c3ccccc3)c2)\N=C/1c1cc(-n2c3ccccc3c3cc4ccccc4cc32)cc2oc3cc4ccccc4cc3c12. The first-order valence-electron chi connectivity index (χ1n) is 23.1. The Kier molecular flexibility index (Phi) is 9.17. The first-order valence-corrected chi connectivity index (χ1v) is 23.1. The number of aliphatic imine (C=N–C) groups is 2. The summed E-state index contributed by atoms with van der Waals surface area (Å²) >= 11 is 0. The molecule has 0 radical (unpaired) electrons. The average Bonchev–Trinajstić information content (AvgIpc) is 3.91. The van der Waals surface area contributed by atoms with E-state index >= 15 is 0 Å². The molecule has 0 bridgehead atoms. The molecular weight excluding hydrogens is 815 g/mol. The van der Waals surface area contributed by atoms with Gasteiger partial charge in [0.25, 0.3) is 0 Å². The predicted molar refractivity (Wildman–Crippen MR) is 282 cm³/mol. The van der Waals surface area contributed by atoms with E-state index in [9.17, 15) is 0 Å². The summed E-state index contributed by atoms with van der Waals surface area (Å²) in [5.74, 6) is 0.671. The van der Waals surface area contributed by atoms with Crippen LogP contribution in [0.2, 0.25) is 0 Å². The van der Waals surface area contributed by atoms with Crippen LogP contribution in [0.3, 0.4) is 0 Å². The maximum absolute atomic E-state index is 7.00. The van der Waals surface area contributed by atoms with Crippen molar-refractivity contribution in [3.05, 3.63) is 241 Å². The fourth-order valence-corrected chi connectivity index (χ4v) is 10.2. The topological polar surface area (TPSA) is 42.8 Å². The molecule has 0 saturated carbocycles. The van der Waals surface area contributed by atoms with E-state index in [1.54, 1.807) is 0 Å². The summed E-state index contributed by atoms with van der Waals surface area (Å²) in [6.07, 6.45) is 3.04. The Morgan fingerprint density at radius 3 is 1.76 bits per heavy atom. The number of nitrogens with zero attached hydrogens (tertiary/aromatic N) is 3. The number of amidine groups is 1. The van der Waals surface area contributed by atoms with E-state index in [2.05, 4.69) is 236 Å². The largest absolute Gasteiger partial charge is 0.456 e. The third kappa shape index (κ3) is 6.76. The molecule has 0 unspecified atom stereocenters. The quantitative estimate of drug-likeness (QED) is 0.164. The highest BCUT2D eigenvalue weighted by molar-refractivity contribution is 6.25. The highest BCUT2D eigenvalue weighted by Gasteiger charge is 2.25. The third-order valence-corrected chi connectivity index (χ3v) is 13.6. The first kappa shape index (κ1) is 38.8. The van der Waals surface area contributed by atoms with Crippen LogP contribution < -0.4 is 0 Å². The van der Waals surface area contributed by atoms with Crippen molar-refractivity contribution >= 4 is 82.5 Å². The molecule has 0 aliphatic carbocycles. The number of furan rings is 1. The number of benzene rings is 10. The van der Waals surface area contributed by atoms with Gasteiger partial charge in [0.1, 0.15) is 11.2 Å². The van der Waals surface area contributed by atoms with Crippen molar-refractivity contribution in [3.63, 3.8) is 0 Å². The number of aromatic nitrogens is 1. The Morgan fingerprint density at radius 1 is 0.433 bits per heavy atom. The molecular formula is C63H43N3O. The van der Waals surface area contributed by atoms with Crippen LogP contribution >= 0.6 is 0 Å². The maximum Gasteiger partial charge on any atom is 0.160 e. The lowest BCUT2D eigenvalue weighted by Crippen LogP contribution is -2.18.